The third-order valence-electron chi connectivity index (χ3n) is 6.68. The molecular weight excluding hydrogens is 516 g/mol. The van der Waals surface area contributed by atoms with Gasteiger partial charge in [-0.2, -0.15) is 4.98 Å². The number of carbonyl (C=O) groups excluding carboxylic acids is 1. The van der Waals surface area contributed by atoms with Crippen LogP contribution in [-0.2, 0) is 14.8 Å². The molecule has 1 amide bonds. The van der Waals surface area contributed by atoms with Crippen LogP contribution < -0.4 is 25.6 Å². The maximum atomic E-state index is 12.5. The number of amides is 1. The number of benzene rings is 1. The van der Waals surface area contributed by atoms with E-state index in [-0.39, 0.29) is 24.0 Å². The number of likely N-dealkylation sites (N-methyl/N-ethyl adjacent to an activating group) is 1. The Kier molecular flexibility index (Phi) is 8.29. The van der Waals surface area contributed by atoms with E-state index in [9.17, 15) is 13.2 Å². The Labute approximate surface area is 223 Å². The van der Waals surface area contributed by atoms with Crippen LogP contribution in [0.1, 0.15) is 32.1 Å². The third-order valence-corrected chi connectivity index (χ3v) is 7.69. The molecule has 1 aliphatic carbocycles. The second-order valence-electron chi connectivity index (χ2n) is 9.92. The van der Waals surface area contributed by atoms with Gasteiger partial charge in [0.1, 0.15) is 11.1 Å². The van der Waals surface area contributed by atoms with Crippen molar-refractivity contribution in [3.8, 4) is 0 Å². The Morgan fingerprint density at radius 3 is 2.62 bits per heavy atom. The van der Waals surface area contributed by atoms with E-state index < -0.39 is 10.0 Å². The van der Waals surface area contributed by atoms with Crippen molar-refractivity contribution in [2.24, 2.45) is 0 Å². The molecule has 0 saturated heterocycles. The number of hydrogen-bond donors (Lipinski definition) is 4. The lowest BCUT2D eigenvalue weighted by atomic mass is 9.91. The fourth-order valence-electron chi connectivity index (χ4n) is 4.80. The number of rotatable bonds is 7. The minimum Gasteiger partial charge on any atom is -0.373 e. The summed E-state index contributed by atoms with van der Waals surface area (Å²) in [5.74, 6) is 0.857. The fraction of sp³-hybridized carbons (Fsp3) is 0.542. The Morgan fingerprint density at radius 2 is 1.92 bits per heavy atom. The van der Waals surface area contributed by atoms with E-state index >= 15 is 0 Å². The van der Waals surface area contributed by atoms with Crippen LogP contribution >= 0.6 is 11.6 Å². The predicted molar refractivity (Wildman–Crippen MR) is 148 cm³/mol. The Bertz CT molecular complexity index is 1240. The van der Waals surface area contributed by atoms with Crippen molar-refractivity contribution in [1.29, 1.82) is 0 Å². The Balaban J connectivity index is 1.51. The fourth-order valence-corrected chi connectivity index (χ4v) is 5.78. The van der Waals surface area contributed by atoms with Crippen LogP contribution in [0.2, 0.25) is 5.02 Å². The molecule has 37 heavy (non-hydrogen) atoms. The van der Waals surface area contributed by atoms with Crippen LogP contribution in [0.5, 0.6) is 0 Å². The van der Waals surface area contributed by atoms with Crippen LogP contribution in [0.4, 0.5) is 28.8 Å². The van der Waals surface area contributed by atoms with Gasteiger partial charge in [-0.15, -0.1) is 0 Å². The van der Waals surface area contributed by atoms with Crippen molar-refractivity contribution in [3.63, 3.8) is 0 Å². The molecule has 0 radical (unpaired) electrons. The minimum absolute atomic E-state index is 0.0463. The van der Waals surface area contributed by atoms with Gasteiger partial charge >= 0.3 is 0 Å². The molecule has 4 N–H and O–H groups in total. The van der Waals surface area contributed by atoms with E-state index in [1.165, 1.54) is 12.5 Å². The number of nitrogens with one attached hydrogen (secondary N) is 4. The van der Waals surface area contributed by atoms with E-state index in [4.69, 9.17) is 11.6 Å². The molecule has 2 heterocycles. The topological polar surface area (TPSA) is 132 Å². The second kappa shape index (κ2) is 11.3. The number of halogens is 1. The number of nitrogens with zero attached hydrogens (tertiary/aromatic N) is 4. The first kappa shape index (κ1) is 27.2. The monoisotopic (exact) mass is 550 g/mol. The molecule has 2 aromatic rings. The highest BCUT2D eigenvalue weighted by Crippen LogP contribution is 2.33. The van der Waals surface area contributed by atoms with Crippen molar-refractivity contribution >= 4 is 56.4 Å². The number of sulfonamides is 1. The van der Waals surface area contributed by atoms with E-state index in [0.29, 0.717) is 23.2 Å². The summed E-state index contributed by atoms with van der Waals surface area (Å²) in [4.78, 5) is 25.2. The molecule has 0 bridgehead atoms. The average molecular weight is 551 g/mol. The molecule has 202 valence electrons. The van der Waals surface area contributed by atoms with E-state index in [0.717, 1.165) is 49.3 Å². The summed E-state index contributed by atoms with van der Waals surface area (Å²) in [6.45, 7) is 0.725. The number of carbonyl (C=O) groups is 1. The van der Waals surface area contributed by atoms with Crippen molar-refractivity contribution in [3.05, 3.63) is 29.4 Å². The number of anilines is 5. The van der Waals surface area contributed by atoms with Crippen molar-refractivity contribution < 1.29 is 13.2 Å². The van der Waals surface area contributed by atoms with Gasteiger partial charge in [0.15, 0.2) is 5.82 Å². The van der Waals surface area contributed by atoms with Crippen molar-refractivity contribution in [1.82, 2.24) is 19.6 Å². The molecule has 11 nitrogen and oxygen atoms in total. The lowest BCUT2D eigenvalue weighted by Gasteiger charge is -2.32. The highest BCUT2D eigenvalue weighted by Gasteiger charge is 2.29. The normalized spacial score (nSPS) is 21.9. The summed E-state index contributed by atoms with van der Waals surface area (Å²) in [5, 5.41) is 10.3. The standard InChI is InChI=1S/C24H35ClN8O3S/c1-32(2)23(34)20-11-12-33(3)21-13-15(9-10-19(21)28-20)27-24-26-14-16(25)22(30-24)29-17-7-5-6-8-18(17)31-37(4,35)36/h9-10,13-14,17-18,20,28,31H,5-8,11-12H2,1-4H3,(H2,26,27,29,30)/t17-,18-,20?/m1/s1. The Morgan fingerprint density at radius 1 is 1.19 bits per heavy atom. The first-order valence-corrected chi connectivity index (χ1v) is 14.6. The molecular formula is C24H35ClN8O3S. The van der Waals surface area contributed by atoms with E-state index in [1.54, 1.807) is 19.0 Å². The molecule has 1 fully saturated rings. The van der Waals surface area contributed by atoms with Gasteiger partial charge in [-0.05, 0) is 37.5 Å². The molecule has 3 atom stereocenters. The quantitative estimate of drug-likeness (QED) is 0.411. The largest absolute Gasteiger partial charge is 0.373 e. The molecule has 1 aromatic heterocycles. The van der Waals surface area contributed by atoms with Gasteiger partial charge in [-0.3, -0.25) is 4.79 Å². The van der Waals surface area contributed by atoms with Gasteiger partial charge in [0, 0.05) is 45.5 Å². The van der Waals surface area contributed by atoms with Crippen LogP contribution in [0.15, 0.2) is 24.4 Å². The summed E-state index contributed by atoms with van der Waals surface area (Å²) < 4.78 is 26.4. The SMILES string of the molecule is CN(C)C(=O)C1CCN(C)c2cc(Nc3ncc(Cl)c(N[C@@H]4CCCC[C@H]4NS(C)(=O)=O)n3)ccc2N1. The van der Waals surface area contributed by atoms with Gasteiger partial charge < -0.3 is 25.8 Å². The lowest BCUT2D eigenvalue weighted by Crippen LogP contribution is -2.48. The van der Waals surface area contributed by atoms with Gasteiger partial charge in [0.05, 0.1) is 23.8 Å². The van der Waals surface area contributed by atoms with E-state index in [2.05, 4.69) is 35.5 Å². The molecule has 1 aliphatic heterocycles. The number of fused-ring (bicyclic) bond motifs is 1. The zero-order valence-corrected chi connectivity index (χ0v) is 23.2. The molecule has 1 saturated carbocycles. The second-order valence-corrected chi connectivity index (χ2v) is 12.1. The zero-order valence-electron chi connectivity index (χ0n) is 21.6. The van der Waals surface area contributed by atoms with E-state index in [1.807, 2.05) is 25.2 Å². The summed E-state index contributed by atoms with van der Waals surface area (Å²) >= 11 is 6.39. The maximum Gasteiger partial charge on any atom is 0.244 e. The number of hydrogen-bond acceptors (Lipinski definition) is 9. The summed E-state index contributed by atoms with van der Waals surface area (Å²) in [6, 6.07) is 5.18. The van der Waals surface area contributed by atoms with Gasteiger partial charge in [0.2, 0.25) is 21.9 Å². The van der Waals surface area contributed by atoms with Crippen molar-refractivity contribution in [2.45, 2.75) is 50.2 Å². The lowest BCUT2D eigenvalue weighted by molar-refractivity contribution is -0.129. The molecule has 1 aromatic carbocycles. The highest BCUT2D eigenvalue weighted by atomic mass is 35.5. The average Bonchev–Trinajstić information content (AvgIpc) is 3.00. The minimum atomic E-state index is -3.33. The molecule has 13 heteroatoms. The molecule has 2 aliphatic rings. The molecule has 4 rings (SSSR count). The van der Waals surface area contributed by atoms with Crippen LogP contribution in [-0.4, -0.2) is 81.3 Å². The molecule has 1 unspecified atom stereocenters. The van der Waals surface area contributed by atoms with Crippen LogP contribution in [0.25, 0.3) is 0 Å². The smallest absolute Gasteiger partial charge is 0.244 e. The van der Waals surface area contributed by atoms with Crippen LogP contribution in [0, 0.1) is 0 Å². The van der Waals surface area contributed by atoms with Crippen LogP contribution in [0.3, 0.4) is 0 Å². The summed E-state index contributed by atoms with van der Waals surface area (Å²) in [5.41, 5.74) is 2.63. The Hall–Kier alpha value is -2.83. The van der Waals surface area contributed by atoms with Crippen molar-refractivity contribution in [2.75, 3.05) is 54.8 Å². The van der Waals surface area contributed by atoms with Gasteiger partial charge in [-0.25, -0.2) is 18.1 Å². The van der Waals surface area contributed by atoms with Gasteiger partial charge in [-0.1, -0.05) is 24.4 Å². The summed E-state index contributed by atoms with van der Waals surface area (Å²) in [7, 11) is 2.19. The number of aromatic nitrogens is 2. The first-order chi connectivity index (χ1) is 17.5. The summed E-state index contributed by atoms with van der Waals surface area (Å²) in [6.07, 6.45) is 6.89. The highest BCUT2D eigenvalue weighted by molar-refractivity contribution is 7.88. The zero-order chi connectivity index (χ0) is 26.7. The third kappa shape index (κ3) is 6.93. The first-order valence-electron chi connectivity index (χ1n) is 12.4. The molecule has 0 spiro atoms. The van der Waals surface area contributed by atoms with Gasteiger partial charge in [0.25, 0.3) is 0 Å². The predicted octanol–water partition coefficient (Wildman–Crippen LogP) is 2.85. The maximum absolute atomic E-state index is 12.5.